The summed E-state index contributed by atoms with van der Waals surface area (Å²) in [5, 5.41) is 19.5. The Morgan fingerprint density at radius 1 is 1.24 bits per heavy atom. The Balaban J connectivity index is 1.94. The van der Waals surface area contributed by atoms with Crippen molar-refractivity contribution in [3.63, 3.8) is 0 Å². The number of hydrogen-bond donors (Lipinski definition) is 2. The van der Waals surface area contributed by atoms with Crippen LogP contribution in [0.15, 0.2) is 42.6 Å². The summed E-state index contributed by atoms with van der Waals surface area (Å²) in [5.74, 6) is 0.0768. The van der Waals surface area contributed by atoms with Crippen LogP contribution in [-0.2, 0) is 0 Å². The molecule has 172 valence electrons. The largest absolute Gasteiger partial charge is 0.504 e. The monoisotopic (exact) mass is 457 g/mol. The maximum absolute atomic E-state index is 14.6. The first kappa shape index (κ1) is 23.0. The summed E-state index contributed by atoms with van der Waals surface area (Å²) in [6.45, 7) is 11.3. The Hall–Kier alpha value is -4.14. The van der Waals surface area contributed by atoms with E-state index in [2.05, 4.69) is 9.83 Å². The average Bonchev–Trinajstić information content (AvgIpc) is 2.83. The summed E-state index contributed by atoms with van der Waals surface area (Å²) in [7, 11) is 1.46. The molecule has 3 N–H and O–H groups in total. The van der Waals surface area contributed by atoms with Gasteiger partial charge in [0, 0.05) is 30.4 Å². The molecule has 1 aliphatic heterocycles. The second kappa shape index (κ2) is 9.01. The first-order valence-corrected chi connectivity index (χ1v) is 10.8. The molecule has 0 amide bonds. The quantitative estimate of drug-likeness (QED) is 0.535. The fraction of sp³-hybridized carbons (Fsp3) is 0.269. The highest BCUT2D eigenvalue weighted by Crippen LogP contribution is 2.46. The molecule has 1 fully saturated rings. The highest BCUT2D eigenvalue weighted by molar-refractivity contribution is 5.97. The second-order valence-electron chi connectivity index (χ2n) is 8.67. The number of benzene rings is 2. The van der Waals surface area contributed by atoms with Crippen LogP contribution in [0.1, 0.15) is 25.3 Å². The normalized spacial score (nSPS) is 14.8. The van der Waals surface area contributed by atoms with Gasteiger partial charge in [0.25, 0.3) is 0 Å². The van der Waals surface area contributed by atoms with Gasteiger partial charge in [0.1, 0.15) is 17.7 Å². The zero-order valence-electron chi connectivity index (χ0n) is 19.0. The first-order chi connectivity index (χ1) is 16.3. The Labute approximate surface area is 197 Å². The van der Waals surface area contributed by atoms with Crippen molar-refractivity contribution in [2.45, 2.75) is 25.3 Å². The number of nitriles is 1. The van der Waals surface area contributed by atoms with Gasteiger partial charge in [0.2, 0.25) is 5.69 Å². The molecule has 0 unspecified atom stereocenters. The van der Waals surface area contributed by atoms with Gasteiger partial charge in [0.05, 0.1) is 19.2 Å². The number of rotatable bonds is 4. The number of aromatic nitrogens is 1. The maximum Gasteiger partial charge on any atom is 0.236 e. The molecule has 8 heteroatoms. The summed E-state index contributed by atoms with van der Waals surface area (Å²) in [5.41, 5.74) is 8.28. The molecule has 0 bridgehead atoms. The number of nitrogens with two attached hydrogens (primary N) is 1. The molecule has 1 saturated heterocycles. The molecular weight excluding hydrogens is 433 g/mol. The van der Waals surface area contributed by atoms with Crippen LogP contribution in [0.4, 0.5) is 15.9 Å². The van der Waals surface area contributed by atoms with E-state index in [9.17, 15) is 9.50 Å². The second-order valence-corrected chi connectivity index (χ2v) is 8.67. The van der Waals surface area contributed by atoms with Crippen LogP contribution < -0.4 is 15.4 Å². The predicted molar refractivity (Wildman–Crippen MR) is 128 cm³/mol. The van der Waals surface area contributed by atoms with E-state index in [-0.39, 0.29) is 22.5 Å². The molecule has 4 rings (SSSR count). The molecule has 0 saturated carbocycles. The van der Waals surface area contributed by atoms with Crippen LogP contribution in [-0.4, -0.2) is 35.8 Å². The Bertz CT molecular complexity index is 1330. The van der Waals surface area contributed by atoms with Gasteiger partial charge in [-0.2, -0.15) is 5.26 Å². The molecule has 2 heterocycles. The number of phenolic OH excluding ortho intramolecular Hbond substituents is 1. The number of nitrogens with zero attached hydrogens (tertiary/aromatic N) is 4. The molecule has 0 aliphatic carbocycles. The number of pyridine rings is 1. The van der Waals surface area contributed by atoms with E-state index in [1.165, 1.54) is 25.3 Å². The van der Waals surface area contributed by atoms with Crippen molar-refractivity contribution in [1.82, 2.24) is 4.98 Å². The van der Waals surface area contributed by atoms with Gasteiger partial charge in [-0.15, -0.1) is 0 Å². The summed E-state index contributed by atoms with van der Waals surface area (Å²) in [6, 6.07) is 11.0. The van der Waals surface area contributed by atoms with Crippen LogP contribution >= 0.6 is 0 Å². The van der Waals surface area contributed by atoms with Gasteiger partial charge in [0.15, 0.2) is 11.5 Å². The lowest BCUT2D eigenvalue weighted by Crippen LogP contribution is -2.48. The van der Waals surface area contributed by atoms with E-state index in [0.29, 0.717) is 46.9 Å². The van der Waals surface area contributed by atoms with Crippen LogP contribution in [0, 0.1) is 23.7 Å². The third kappa shape index (κ3) is 4.24. The van der Waals surface area contributed by atoms with Crippen LogP contribution in [0.2, 0.25) is 0 Å². The van der Waals surface area contributed by atoms with E-state index >= 15 is 0 Å². The summed E-state index contributed by atoms with van der Waals surface area (Å²) >= 11 is 0. The molecule has 34 heavy (non-hydrogen) atoms. The summed E-state index contributed by atoms with van der Waals surface area (Å²) in [6.07, 6.45) is 3.13. The number of hydrogen-bond acceptors (Lipinski definition) is 6. The smallest absolute Gasteiger partial charge is 0.236 e. The summed E-state index contributed by atoms with van der Waals surface area (Å²) < 4.78 is 19.8. The third-order valence-corrected chi connectivity index (χ3v) is 6.22. The van der Waals surface area contributed by atoms with Crippen molar-refractivity contribution in [2.75, 3.05) is 25.1 Å². The van der Waals surface area contributed by atoms with E-state index in [1.54, 1.807) is 24.4 Å². The van der Waals surface area contributed by atoms with E-state index in [0.717, 1.165) is 12.8 Å². The topological polar surface area (TPSA) is 99.8 Å². The standard InChI is InChI=1S/C26H24FN5O2/c1-26(29)8-10-32(11-9-26)25-24(30-2)23(17-4-5-18(14-28)20(27)12-17)19(15-31-25)16-6-7-22(34-3)21(33)13-16/h4-7,12-13,15,33H,8-11,29H2,1,3H3. The van der Waals surface area contributed by atoms with Gasteiger partial charge >= 0.3 is 0 Å². The number of halogens is 1. The van der Waals surface area contributed by atoms with Crippen molar-refractivity contribution < 1.29 is 14.2 Å². The van der Waals surface area contributed by atoms with E-state index < -0.39 is 5.82 Å². The summed E-state index contributed by atoms with van der Waals surface area (Å²) in [4.78, 5) is 10.5. The van der Waals surface area contributed by atoms with Crippen molar-refractivity contribution >= 4 is 11.5 Å². The Morgan fingerprint density at radius 2 is 1.94 bits per heavy atom. The lowest BCUT2D eigenvalue weighted by atomic mass is 9.90. The Kier molecular flexibility index (Phi) is 6.10. The first-order valence-electron chi connectivity index (χ1n) is 10.8. The highest BCUT2D eigenvalue weighted by Gasteiger charge is 2.29. The number of ether oxygens (including phenoxy) is 1. The number of phenols is 1. The Morgan fingerprint density at radius 3 is 2.53 bits per heavy atom. The van der Waals surface area contributed by atoms with Crippen molar-refractivity contribution in [1.29, 1.82) is 5.26 Å². The van der Waals surface area contributed by atoms with E-state index in [4.69, 9.17) is 22.3 Å². The maximum atomic E-state index is 14.6. The van der Waals surface area contributed by atoms with Crippen LogP contribution in [0.3, 0.4) is 0 Å². The number of aromatic hydroxyl groups is 1. The number of anilines is 1. The lowest BCUT2D eigenvalue weighted by molar-refractivity contribution is 0.363. The lowest BCUT2D eigenvalue weighted by Gasteiger charge is -2.38. The van der Waals surface area contributed by atoms with Gasteiger partial charge < -0.3 is 20.5 Å². The molecule has 1 aliphatic rings. The van der Waals surface area contributed by atoms with Crippen molar-refractivity contribution in [3.8, 4) is 39.8 Å². The van der Waals surface area contributed by atoms with Gasteiger partial charge in [-0.25, -0.2) is 9.24 Å². The average molecular weight is 458 g/mol. The fourth-order valence-electron chi connectivity index (χ4n) is 4.19. The molecule has 1 aromatic heterocycles. The number of methoxy groups -OCH3 is 1. The van der Waals surface area contributed by atoms with Gasteiger partial charge in [-0.05, 0) is 60.7 Å². The van der Waals surface area contributed by atoms with Gasteiger partial charge in [-0.1, -0.05) is 12.1 Å². The van der Waals surface area contributed by atoms with Gasteiger partial charge in [-0.3, -0.25) is 4.98 Å². The minimum atomic E-state index is -0.672. The van der Waals surface area contributed by atoms with Crippen molar-refractivity contribution in [2.24, 2.45) is 5.73 Å². The predicted octanol–water partition coefficient (Wildman–Crippen LogP) is 5.01. The third-order valence-electron chi connectivity index (χ3n) is 6.22. The van der Waals surface area contributed by atoms with Crippen LogP contribution in [0.25, 0.3) is 27.1 Å². The van der Waals surface area contributed by atoms with E-state index in [1.807, 2.05) is 17.9 Å². The molecule has 0 atom stereocenters. The number of piperidine rings is 1. The van der Waals surface area contributed by atoms with Crippen molar-refractivity contribution in [3.05, 3.63) is 65.4 Å². The fourth-order valence-corrected chi connectivity index (χ4v) is 4.19. The molecule has 3 aromatic rings. The molecule has 0 radical (unpaired) electrons. The molecular formula is C26H24FN5O2. The molecule has 2 aromatic carbocycles. The minimum Gasteiger partial charge on any atom is -0.504 e. The zero-order valence-corrected chi connectivity index (χ0v) is 19.0. The van der Waals surface area contributed by atoms with Crippen LogP contribution in [0.5, 0.6) is 11.5 Å². The highest BCUT2D eigenvalue weighted by atomic mass is 19.1. The minimum absolute atomic E-state index is 0.0661. The SMILES string of the molecule is [C-]#[N+]c1c(N2CCC(C)(N)CC2)ncc(-c2ccc(OC)c(O)c2)c1-c1ccc(C#N)c(F)c1. The molecule has 0 spiro atoms. The zero-order chi connectivity index (χ0) is 24.5. The molecule has 7 nitrogen and oxygen atoms in total.